The van der Waals surface area contributed by atoms with Gasteiger partial charge >= 0.3 is 0 Å². The summed E-state index contributed by atoms with van der Waals surface area (Å²) in [6.45, 7) is 0.430. The normalized spacial score (nSPS) is 21.1. The molecule has 1 aliphatic rings. The molecular weight excluding hydrogens is 219 g/mol. The summed E-state index contributed by atoms with van der Waals surface area (Å²) < 4.78 is 13.2. The Bertz CT molecular complexity index is 410. The van der Waals surface area contributed by atoms with Gasteiger partial charge in [-0.3, -0.25) is 4.79 Å². The van der Waals surface area contributed by atoms with Crippen LogP contribution in [0.25, 0.3) is 0 Å². The fraction of sp³-hybridized carbons (Fsp3) is 0.300. The summed E-state index contributed by atoms with van der Waals surface area (Å²) in [6, 6.07) is 4.12. The standard InChI is InChI=1S/C10H10ClFN2O/c11-8-2-1-7(4-9(8)12)14-5-6(13)3-10(14)15/h1-2,4,6H,3,5,13H2. The van der Waals surface area contributed by atoms with E-state index in [2.05, 4.69) is 0 Å². The number of anilines is 1. The SMILES string of the molecule is NC1CC(=O)N(c2ccc(Cl)c(F)c2)C1. The van der Waals surface area contributed by atoms with E-state index in [9.17, 15) is 9.18 Å². The first-order valence-electron chi connectivity index (χ1n) is 4.59. The minimum Gasteiger partial charge on any atom is -0.326 e. The minimum absolute atomic E-state index is 0.0506. The molecule has 1 aliphatic heterocycles. The van der Waals surface area contributed by atoms with Gasteiger partial charge in [0.15, 0.2) is 0 Å². The average Bonchev–Trinajstić information content (AvgIpc) is 2.50. The maximum Gasteiger partial charge on any atom is 0.228 e. The topological polar surface area (TPSA) is 46.3 Å². The van der Waals surface area contributed by atoms with E-state index in [-0.39, 0.29) is 17.0 Å². The molecule has 0 bridgehead atoms. The molecule has 0 aromatic heterocycles. The molecule has 1 amide bonds. The van der Waals surface area contributed by atoms with Crippen molar-refractivity contribution in [2.75, 3.05) is 11.4 Å². The summed E-state index contributed by atoms with van der Waals surface area (Å²) in [5.74, 6) is -0.605. The van der Waals surface area contributed by atoms with E-state index in [1.54, 1.807) is 6.07 Å². The first kappa shape index (κ1) is 10.4. The lowest BCUT2D eigenvalue weighted by molar-refractivity contribution is -0.117. The van der Waals surface area contributed by atoms with Crippen molar-refractivity contribution >= 4 is 23.2 Å². The Morgan fingerprint density at radius 3 is 2.80 bits per heavy atom. The zero-order chi connectivity index (χ0) is 11.0. The van der Waals surface area contributed by atoms with Crippen LogP contribution in [0.3, 0.4) is 0 Å². The van der Waals surface area contributed by atoms with Gasteiger partial charge in [-0.25, -0.2) is 4.39 Å². The predicted molar refractivity (Wildman–Crippen MR) is 56.4 cm³/mol. The molecule has 1 aromatic carbocycles. The quantitative estimate of drug-likeness (QED) is 0.793. The number of nitrogens with two attached hydrogens (primary N) is 1. The van der Waals surface area contributed by atoms with Crippen molar-refractivity contribution in [3.05, 3.63) is 29.0 Å². The summed E-state index contributed by atoms with van der Waals surface area (Å²) in [7, 11) is 0. The van der Waals surface area contributed by atoms with Crippen molar-refractivity contribution in [2.24, 2.45) is 5.73 Å². The second-order valence-electron chi connectivity index (χ2n) is 3.57. The molecule has 0 saturated carbocycles. The van der Waals surface area contributed by atoms with E-state index in [0.29, 0.717) is 18.7 Å². The second-order valence-corrected chi connectivity index (χ2v) is 3.97. The van der Waals surface area contributed by atoms with Crippen LogP contribution in [-0.2, 0) is 4.79 Å². The third-order valence-corrected chi connectivity index (χ3v) is 2.68. The number of hydrogen-bond donors (Lipinski definition) is 1. The van der Waals surface area contributed by atoms with Gasteiger partial charge in [0, 0.05) is 24.7 Å². The van der Waals surface area contributed by atoms with Crippen molar-refractivity contribution in [3.63, 3.8) is 0 Å². The van der Waals surface area contributed by atoms with E-state index in [1.165, 1.54) is 17.0 Å². The fourth-order valence-electron chi connectivity index (χ4n) is 1.64. The molecule has 1 heterocycles. The van der Waals surface area contributed by atoms with Crippen LogP contribution in [-0.4, -0.2) is 18.5 Å². The van der Waals surface area contributed by atoms with Gasteiger partial charge in [-0.15, -0.1) is 0 Å². The van der Waals surface area contributed by atoms with Gasteiger partial charge in [-0.05, 0) is 18.2 Å². The predicted octanol–water partition coefficient (Wildman–Crippen LogP) is 1.54. The lowest BCUT2D eigenvalue weighted by atomic mass is 10.3. The van der Waals surface area contributed by atoms with E-state index in [4.69, 9.17) is 17.3 Å². The highest BCUT2D eigenvalue weighted by molar-refractivity contribution is 6.30. The molecule has 2 N–H and O–H groups in total. The summed E-state index contributed by atoms with van der Waals surface area (Å²) in [5.41, 5.74) is 6.15. The first-order chi connectivity index (χ1) is 7.08. The largest absolute Gasteiger partial charge is 0.326 e. The van der Waals surface area contributed by atoms with Crippen LogP contribution in [0, 0.1) is 5.82 Å². The molecule has 2 rings (SSSR count). The highest BCUT2D eigenvalue weighted by atomic mass is 35.5. The number of nitrogens with zero attached hydrogens (tertiary/aromatic N) is 1. The summed E-state index contributed by atoms with van der Waals surface area (Å²) in [5, 5.41) is 0.0506. The Morgan fingerprint density at radius 2 is 2.27 bits per heavy atom. The van der Waals surface area contributed by atoms with Crippen LogP contribution in [0.15, 0.2) is 18.2 Å². The zero-order valence-electron chi connectivity index (χ0n) is 7.91. The third-order valence-electron chi connectivity index (χ3n) is 2.37. The van der Waals surface area contributed by atoms with Gasteiger partial charge in [0.2, 0.25) is 5.91 Å². The Hall–Kier alpha value is -1.13. The lowest BCUT2D eigenvalue weighted by Gasteiger charge is -2.16. The van der Waals surface area contributed by atoms with Crippen molar-refractivity contribution in [3.8, 4) is 0 Å². The second kappa shape index (κ2) is 3.79. The molecule has 0 aliphatic carbocycles. The van der Waals surface area contributed by atoms with Gasteiger partial charge < -0.3 is 10.6 Å². The Morgan fingerprint density at radius 1 is 1.53 bits per heavy atom. The highest BCUT2D eigenvalue weighted by Gasteiger charge is 2.28. The highest BCUT2D eigenvalue weighted by Crippen LogP contribution is 2.25. The molecular formula is C10H10ClFN2O. The molecule has 3 nitrogen and oxygen atoms in total. The van der Waals surface area contributed by atoms with Gasteiger partial charge in [0.1, 0.15) is 5.82 Å². The van der Waals surface area contributed by atoms with E-state index < -0.39 is 5.82 Å². The van der Waals surface area contributed by atoms with Crippen LogP contribution in [0.2, 0.25) is 5.02 Å². The van der Waals surface area contributed by atoms with E-state index >= 15 is 0 Å². The van der Waals surface area contributed by atoms with Gasteiger partial charge in [-0.2, -0.15) is 0 Å². The van der Waals surface area contributed by atoms with Crippen LogP contribution < -0.4 is 10.6 Å². The van der Waals surface area contributed by atoms with Crippen LogP contribution in [0.4, 0.5) is 10.1 Å². The zero-order valence-corrected chi connectivity index (χ0v) is 8.67. The first-order valence-corrected chi connectivity index (χ1v) is 4.96. The third kappa shape index (κ3) is 1.96. The monoisotopic (exact) mass is 228 g/mol. The van der Waals surface area contributed by atoms with Crippen molar-refractivity contribution in [1.29, 1.82) is 0 Å². The smallest absolute Gasteiger partial charge is 0.228 e. The molecule has 15 heavy (non-hydrogen) atoms. The van der Waals surface area contributed by atoms with Crippen molar-refractivity contribution < 1.29 is 9.18 Å². The molecule has 1 saturated heterocycles. The van der Waals surface area contributed by atoms with Crippen molar-refractivity contribution in [2.45, 2.75) is 12.5 Å². The summed E-state index contributed by atoms with van der Waals surface area (Å²) >= 11 is 5.55. The Balaban J connectivity index is 2.30. The number of carbonyl (C=O) groups excluding carboxylic acids is 1. The molecule has 1 atom stereocenters. The number of amides is 1. The number of halogens is 2. The molecule has 1 aromatic rings. The number of carbonyl (C=O) groups is 1. The fourth-order valence-corrected chi connectivity index (χ4v) is 1.76. The number of hydrogen-bond acceptors (Lipinski definition) is 2. The van der Waals surface area contributed by atoms with E-state index in [0.717, 1.165) is 0 Å². The summed E-state index contributed by atoms with van der Waals surface area (Å²) in [4.78, 5) is 12.9. The molecule has 1 unspecified atom stereocenters. The van der Waals surface area contributed by atoms with Gasteiger partial charge in [0.05, 0.1) is 5.02 Å². The molecule has 1 fully saturated rings. The molecule has 80 valence electrons. The van der Waals surface area contributed by atoms with E-state index in [1.807, 2.05) is 0 Å². The van der Waals surface area contributed by atoms with Gasteiger partial charge in [0.25, 0.3) is 0 Å². The maximum atomic E-state index is 13.2. The Labute approximate surface area is 91.6 Å². The average molecular weight is 229 g/mol. The van der Waals surface area contributed by atoms with Crippen LogP contribution in [0.1, 0.15) is 6.42 Å². The minimum atomic E-state index is -0.526. The maximum absolute atomic E-state index is 13.2. The lowest BCUT2D eigenvalue weighted by Crippen LogP contribution is -2.27. The van der Waals surface area contributed by atoms with Crippen LogP contribution in [0.5, 0.6) is 0 Å². The molecule has 5 heteroatoms. The van der Waals surface area contributed by atoms with Crippen molar-refractivity contribution in [1.82, 2.24) is 0 Å². The molecule has 0 spiro atoms. The molecule has 0 radical (unpaired) electrons. The Kier molecular flexibility index (Phi) is 2.63. The summed E-state index contributed by atoms with van der Waals surface area (Å²) in [6.07, 6.45) is 0.310. The number of rotatable bonds is 1. The van der Waals surface area contributed by atoms with Gasteiger partial charge in [-0.1, -0.05) is 11.6 Å². The van der Waals surface area contributed by atoms with Crippen LogP contribution >= 0.6 is 11.6 Å². The number of benzene rings is 1.